The van der Waals surface area contributed by atoms with Gasteiger partial charge in [0, 0.05) is 24.3 Å². The van der Waals surface area contributed by atoms with Crippen molar-refractivity contribution >= 4 is 29.3 Å². The molecule has 1 unspecified atom stereocenters. The molecule has 3 rings (SSSR count). The fourth-order valence-corrected chi connectivity index (χ4v) is 3.56. The smallest absolute Gasteiger partial charge is 0.338 e. The Morgan fingerprint density at radius 2 is 1.75 bits per heavy atom. The fraction of sp³-hybridized carbons (Fsp3) is 0.360. The number of carbonyl (C=O) groups excluding carboxylic acids is 4. The van der Waals surface area contributed by atoms with E-state index in [-0.39, 0.29) is 37.6 Å². The highest BCUT2D eigenvalue weighted by Crippen LogP contribution is 2.27. The summed E-state index contributed by atoms with van der Waals surface area (Å²) in [4.78, 5) is 50.8. The zero-order chi connectivity index (χ0) is 26.1. The predicted molar refractivity (Wildman–Crippen MR) is 127 cm³/mol. The highest BCUT2D eigenvalue weighted by molar-refractivity contribution is 6.00. The van der Waals surface area contributed by atoms with E-state index in [4.69, 9.17) is 24.1 Å². The maximum atomic E-state index is 12.4. The van der Waals surface area contributed by atoms with Crippen molar-refractivity contribution in [3.8, 4) is 11.5 Å². The fourth-order valence-electron chi connectivity index (χ4n) is 3.56. The van der Waals surface area contributed by atoms with Gasteiger partial charge in [0.2, 0.25) is 5.91 Å². The standard InChI is InChI=1S/C25H28N2O9/c1-33-20-8-5-17(13-21(20)34-2)19(29)15-36-25(32)16-3-6-18(7-4-16)26-23(30)14-22-24(31)27(9-11-28)10-12-35-22/h3-8,13,22,28H,9-12,14-15H2,1-2H3,(H,26,30). The molecule has 36 heavy (non-hydrogen) atoms. The Morgan fingerprint density at radius 3 is 2.42 bits per heavy atom. The van der Waals surface area contributed by atoms with E-state index in [9.17, 15) is 19.2 Å². The Kier molecular flexibility index (Phi) is 9.37. The lowest BCUT2D eigenvalue weighted by Crippen LogP contribution is -2.49. The van der Waals surface area contributed by atoms with Crippen molar-refractivity contribution < 1.29 is 43.2 Å². The Balaban J connectivity index is 1.50. The largest absolute Gasteiger partial charge is 0.493 e. The van der Waals surface area contributed by atoms with Crippen LogP contribution in [0.4, 0.5) is 5.69 Å². The first-order valence-corrected chi connectivity index (χ1v) is 11.2. The van der Waals surface area contributed by atoms with Gasteiger partial charge in [0.25, 0.3) is 5.91 Å². The summed E-state index contributed by atoms with van der Waals surface area (Å²) in [5, 5.41) is 11.7. The number of aliphatic hydroxyl groups is 1. The first-order chi connectivity index (χ1) is 17.4. The molecule has 1 fully saturated rings. The summed E-state index contributed by atoms with van der Waals surface area (Å²) in [6, 6.07) is 10.5. The number of morpholine rings is 1. The molecule has 0 saturated carbocycles. The number of amides is 2. The Labute approximate surface area is 207 Å². The molecule has 192 valence electrons. The van der Waals surface area contributed by atoms with Gasteiger partial charge in [-0.05, 0) is 42.5 Å². The van der Waals surface area contributed by atoms with Gasteiger partial charge < -0.3 is 34.3 Å². The lowest BCUT2D eigenvalue weighted by atomic mass is 10.1. The summed E-state index contributed by atoms with van der Waals surface area (Å²) in [5.74, 6) is -1.03. The quantitative estimate of drug-likeness (QED) is 0.345. The highest BCUT2D eigenvalue weighted by Gasteiger charge is 2.31. The first kappa shape index (κ1) is 26.6. The number of nitrogens with zero attached hydrogens (tertiary/aromatic N) is 1. The van der Waals surface area contributed by atoms with Gasteiger partial charge in [-0.1, -0.05) is 0 Å². The normalized spacial score (nSPS) is 15.2. The summed E-state index contributed by atoms with van der Waals surface area (Å²) >= 11 is 0. The SMILES string of the molecule is COc1ccc(C(=O)COC(=O)c2ccc(NC(=O)CC3OCCN(CCO)C3=O)cc2)cc1OC. The van der Waals surface area contributed by atoms with Crippen LogP contribution in [0.3, 0.4) is 0 Å². The number of carbonyl (C=O) groups is 4. The van der Waals surface area contributed by atoms with Crippen molar-refractivity contribution in [2.45, 2.75) is 12.5 Å². The number of ketones is 1. The van der Waals surface area contributed by atoms with Crippen molar-refractivity contribution in [2.75, 3.05) is 52.4 Å². The molecule has 0 radical (unpaired) electrons. The molecule has 1 saturated heterocycles. The number of aliphatic hydroxyl groups excluding tert-OH is 1. The number of esters is 1. The second-order valence-electron chi connectivity index (χ2n) is 7.81. The van der Waals surface area contributed by atoms with Gasteiger partial charge in [-0.15, -0.1) is 0 Å². The molecule has 2 N–H and O–H groups in total. The van der Waals surface area contributed by atoms with Crippen molar-refractivity contribution in [1.82, 2.24) is 4.90 Å². The molecule has 0 aromatic heterocycles. The van der Waals surface area contributed by atoms with E-state index in [0.717, 1.165) is 0 Å². The minimum Gasteiger partial charge on any atom is -0.493 e. The summed E-state index contributed by atoms with van der Waals surface area (Å²) < 4.78 is 20.8. The first-order valence-electron chi connectivity index (χ1n) is 11.2. The Morgan fingerprint density at radius 1 is 1.06 bits per heavy atom. The van der Waals surface area contributed by atoms with E-state index in [1.807, 2.05) is 0 Å². The summed E-state index contributed by atoms with van der Waals surface area (Å²) in [6.45, 7) is 0.223. The van der Waals surface area contributed by atoms with E-state index < -0.39 is 30.4 Å². The van der Waals surface area contributed by atoms with E-state index in [2.05, 4.69) is 5.32 Å². The zero-order valence-corrected chi connectivity index (χ0v) is 20.0. The average molecular weight is 501 g/mol. The number of hydrogen-bond acceptors (Lipinski definition) is 9. The molecule has 2 amide bonds. The van der Waals surface area contributed by atoms with E-state index in [1.54, 1.807) is 12.1 Å². The summed E-state index contributed by atoms with van der Waals surface area (Å²) in [6.07, 6.45) is -1.09. The lowest BCUT2D eigenvalue weighted by Gasteiger charge is -2.31. The van der Waals surface area contributed by atoms with E-state index in [1.165, 1.54) is 49.5 Å². The van der Waals surface area contributed by atoms with Crippen molar-refractivity contribution in [3.63, 3.8) is 0 Å². The molecule has 0 aliphatic carbocycles. The number of anilines is 1. The molecule has 2 aromatic carbocycles. The third-order valence-electron chi connectivity index (χ3n) is 5.45. The number of benzene rings is 2. The van der Waals surface area contributed by atoms with Gasteiger partial charge in [0.15, 0.2) is 23.9 Å². The van der Waals surface area contributed by atoms with Crippen molar-refractivity contribution in [1.29, 1.82) is 0 Å². The second-order valence-corrected chi connectivity index (χ2v) is 7.81. The van der Waals surface area contributed by atoms with Crippen LogP contribution in [-0.2, 0) is 19.1 Å². The molecule has 11 heteroatoms. The molecule has 0 spiro atoms. The maximum absolute atomic E-state index is 12.4. The second kappa shape index (κ2) is 12.7. The minimum absolute atomic E-state index is 0.163. The number of rotatable bonds is 11. The van der Waals surface area contributed by atoms with Crippen LogP contribution in [0.1, 0.15) is 27.1 Å². The predicted octanol–water partition coefficient (Wildman–Crippen LogP) is 1.29. The topological polar surface area (TPSA) is 141 Å². The average Bonchev–Trinajstić information content (AvgIpc) is 2.89. The summed E-state index contributed by atoms with van der Waals surface area (Å²) in [7, 11) is 2.94. The van der Waals surface area contributed by atoms with E-state index >= 15 is 0 Å². The number of β-amino-alcohol motifs (C(OH)–C–C–N with tert-alkyl or cyclic N) is 1. The molecular weight excluding hydrogens is 472 g/mol. The third kappa shape index (κ3) is 6.80. The minimum atomic E-state index is -0.914. The van der Waals surface area contributed by atoms with Crippen LogP contribution < -0.4 is 14.8 Å². The maximum Gasteiger partial charge on any atom is 0.338 e. The summed E-state index contributed by atoms with van der Waals surface area (Å²) in [5.41, 5.74) is 0.908. The van der Waals surface area contributed by atoms with Gasteiger partial charge in [0.05, 0.1) is 39.4 Å². The Hall–Kier alpha value is -3.96. The van der Waals surface area contributed by atoms with Crippen LogP contribution in [0.15, 0.2) is 42.5 Å². The van der Waals surface area contributed by atoms with E-state index in [0.29, 0.717) is 29.3 Å². The van der Waals surface area contributed by atoms with Crippen LogP contribution in [0.5, 0.6) is 11.5 Å². The van der Waals surface area contributed by atoms with Crippen molar-refractivity contribution in [3.05, 3.63) is 53.6 Å². The van der Waals surface area contributed by atoms with Gasteiger partial charge >= 0.3 is 5.97 Å². The third-order valence-corrected chi connectivity index (χ3v) is 5.45. The van der Waals surface area contributed by atoms with Crippen LogP contribution in [0.25, 0.3) is 0 Å². The number of nitrogens with one attached hydrogen (secondary N) is 1. The molecule has 1 aliphatic rings. The number of Topliss-reactive ketones (excluding diaryl/α,β-unsaturated/α-hetero) is 1. The molecular formula is C25H28N2O9. The molecule has 2 aromatic rings. The highest BCUT2D eigenvalue weighted by atomic mass is 16.5. The van der Waals surface area contributed by atoms with Crippen LogP contribution >= 0.6 is 0 Å². The van der Waals surface area contributed by atoms with Crippen LogP contribution in [-0.4, -0.2) is 86.8 Å². The molecule has 1 atom stereocenters. The molecule has 1 aliphatic heterocycles. The lowest BCUT2D eigenvalue weighted by molar-refractivity contribution is -0.155. The molecule has 11 nitrogen and oxygen atoms in total. The zero-order valence-electron chi connectivity index (χ0n) is 20.0. The number of ether oxygens (including phenoxy) is 4. The number of hydrogen-bond donors (Lipinski definition) is 2. The van der Waals surface area contributed by atoms with Crippen LogP contribution in [0, 0.1) is 0 Å². The number of methoxy groups -OCH3 is 2. The van der Waals surface area contributed by atoms with Crippen molar-refractivity contribution in [2.24, 2.45) is 0 Å². The van der Waals surface area contributed by atoms with Crippen LogP contribution in [0.2, 0.25) is 0 Å². The van der Waals surface area contributed by atoms with Gasteiger partial charge in [-0.2, -0.15) is 0 Å². The Bertz CT molecular complexity index is 1100. The molecule has 1 heterocycles. The monoisotopic (exact) mass is 500 g/mol. The van der Waals surface area contributed by atoms with Gasteiger partial charge in [-0.25, -0.2) is 4.79 Å². The molecule has 0 bridgehead atoms. The van der Waals surface area contributed by atoms with Gasteiger partial charge in [0.1, 0.15) is 6.10 Å². The van der Waals surface area contributed by atoms with Gasteiger partial charge in [-0.3, -0.25) is 14.4 Å².